The molecule has 27 heavy (non-hydrogen) atoms. The molecule has 1 saturated carbocycles. The Labute approximate surface area is 174 Å². The molecule has 0 aromatic heterocycles. The standard InChI is InChI=1S/C22H22BrNO2.ClH/c1-26-20(25)22-13-24-12-19(22)21(14-5-4-6-15(23)11-14)10-9-18(22)16-7-2-3-8-17(16)21;/h2-8,11,18-19,24H,9-10,12-13H2,1H3;1H. The molecule has 5 heteroatoms. The fraction of sp³-hybridized carbons (Fsp3) is 0.409. The topological polar surface area (TPSA) is 38.3 Å². The predicted octanol–water partition coefficient (Wildman–Crippen LogP) is 4.43. The van der Waals surface area contributed by atoms with Crippen molar-refractivity contribution in [3.8, 4) is 0 Å². The SMILES string of the molecule is COC(=O)C12CNCC1C1(c3cccc(Br)c3)CCC2c2ccccc21.Cl. The Kier molecular flexibility index (Phi) is 4.65. The van der Waals surface area contributed by atoms with E-state index >= 15 is 0 Å². The highest BCUT2D eigenvalue weighted by Gasteiger charge is 2.69. The molecule has 1 N–H and O–H groups in total. The molecule has 1 heterocycles. The van der Waals surface area contributed by atoms with Crippen LogP contribution in [0.5, 0.6) is 0 Å². The van der Waals surface area contributed by atoms with E-state index in [9.17, 15) is 4.79 Å². The van der Waals surface area contributed by atoms with Crippen LogP contribution in [0.4, 0.5) is 0 Å². The van der Waals surface area contributed by atoms with Gasteiger partial charge in [-0.05, 0) is 41.7 Å². The van der Waals surface area contributed by atoms with Crippen LogP contribution in [-0.2, 0) is 14.9 Å². The van der Waals surface area contributed by atoms with Crippen molar-refractivity contribution in [3.63, 3.8) is 0 Å². The van der Waals surface area contributed by atoms with Gasteiger partial charge in [0.05, 0.1) is 12.5 Å². The van der Waals surface area contributed by atoms with Gasteiger partial charge in [-0.25, -0.2) is 0 Å². The highest BCUT2D eigenvalue weighted by molar-refractivity contribution is 9.10. The number of esters is 1. The van der Waals surface area contributed by atoms with Crippen LogP contribution < -0.4 is 5.32 Å². The summed E-state index contributed by atoms with van der Waals surface area (Å²) in [4.78, 5) is 13.1. The molecular weight excluding hydrogens is 426 g/mol. The van der Waals surface area contributed by atoms with Crippen molar-refractivity contribution in [2.45, 2.75) is 24.2 Å². The van der Waals surface area contributed by atoms with E-state index in [-0.39, 0.29) is 35.6 Å². The number of fused-ring (bicyclic) bond motifs is 1. The fourth-order valence-electron chi connectivity index (χ4n) is 6.29. The van der Waals surface area contributed by atoms with Crippen LogP contribution in [0.3, 0.4) is 0 Å². The smallest absolute Gasteiger partial charge is 0.314 e. The maximum Gasteiger partial charge on any atom is 0.314 e. The number of rotatable bonds is 2. The first-order valence-electron chi connectivity index (χ1n) is 9.29. The van der Waals surface area contributed by atoms with Crippen molar-refractivity contribution < 1.29 is 9.53 Å². The molecule has 2 aromatic rings. The molecule has 2 aromatic carbocycles. The molecule has 3 aliphatic carbocycles. The fourth-order valence-corrected chi connectivity index (χ4v) is 6.69. The molecule has 4 unspecified atom stereocenters. The number of halogens is 2. The highest BCUT2D eigenvalue weighted by atomic mass is 79.9. The Balaban J connectivity index is 0.00000180. The minimum absolute atomic E-state index is 0. The number of carbonyl (C=O) groups is 1. The van der Waals surface area contributed by atoms with Crippen molar-refractivity contribution in [2.75, 3.05) is 20.2 Å². The number of ether oxygens (including phenoxy) is 1. The zero-order valence-electron chi connectivity index (χ0n) is 15.2. The lowest BCUT2D eigenvalue weighted by molar-refractivity contribution is -0.161. The molecule has 0 amide bonds. The third-order valence-corrected chi connectivity index (χ3v) is 7.65. The minimum atomic E-state index is -0.469. The Bertz CT molecular complexity index is 903. The summed E-state index contributed by atoms with van der Waals surface area (Å²) in [5.41, 5.74) is 3.43. The summed E-state index contributed by atoms with van der Waals surface area (Å²) in [7, 11) is 1.53. The van der Waals surface area contributed by atoms with Gasteiger partial charge in [0.1, 0.15) is 0 Å². The summed E-state index contributed by atoms with van der Waals surface area (Å²) >= 11 is 3.66. The maximum atomic E-state index is 13.1. The van der Waals surface area contributed by atoms with Gasteiger partial charge in [0, 0.05) is 34.8 Å². The van der Waals surface area contributed by atoms with Crippen LogP contribution in [0.1, 0.15) is 35.4 Å². The van der Waals surface area contributed by atoms with E-state index in [0.29, 0.717) is 6.54 Å². The summed E-state index contributed by atoms with van der Waals surface area (Å²) in [5.74, 6) is 0.400. The number of carbonyl (C=O) groups excluding carboxylic acids is 1. The lowest BCUT2D eigenvalue weighted by Crippen LogP contribution is -2.60. The van der Waals surface area contributed by atoms with Gasteiger partial charge in [0.2, 0.25) is 0 Å². The monoisotopic (exact) mass is 447 g/mol. The number of methoxy groups -OCH3 is 1. The molecule has 2 bridgehead atoms. The van der Waals surface area contributed by atoms with Crippen molar-refractivity contribution in [2.24, 2.45) is 11.3 Å². The number of benzene rings is 2. The van der Waals surface area contributed by atoms with E-state index in [2.05, 4.69) is 69.8 Å². The summed E-state index contributed by atoms with van der Waals surface area (Å²) in [6.07, 6.45) is 2.10. The Morgan fingerprint density at radius 2 is 2.04 bits per heavy atom. The van der Waals surface area contributed by atoms with Gasteiger partial charge >= 0.3 is 5.97 Å². The number of nitrogens with one attached hydrogen (secondary N) is 1. The summed E-state index contributed by atoms with van der Waals surface area (Å²) in [6, 6.07) is 17.4. The largest absolute Gasteiger partial charge is 0.469 e. The molecule has 1 aliphatic heterocycles. The van der Waals surface area contributed by atoms with E-state index in [1.807, 2.05) is 0 Å². The van der Waals surface area contributed by atoms with Crippen molar-refractivity contribution in [1.82, 2.24) is 5.32 Å². The van der Waals surface area contributed by atoms with Crippen LogP contribution in [0.25, 0.3) is 0 Å². The van der Waals surface area contributed by atoms with Crippen LogP contribution in [0, 0.1) is 11.3 Å². The molecule has 6 rings (SSSR count). The molecule has 1 saturated heterocycles. The first kappa shape index (κ1) is 19.0. The lowest BCUT2D eigenvalue weighted by Gasteiger charge is -2.59. The van der Waals surface area contributed by atoms with Crippen molar-refractivity contribution in [3.05, 3.63) is 69.7 Å². The first-order chi connectivity index (χ1) is 12.6. The highest BCUT2D eigenvalue weighted by Crippen LogP contribution is 2.68. The maximum absolute atomic E-state index is 13.1. The third-order valence-electron chi connectivity index (χ3n) is 7.15. The second-order valence-electron chi connectivity index (χ2n) is 7.88. The van der Waals surface area contributed by atoms with E-state index in [0.717, 1.165) is 23.9 Å². The Hall–Kier alpha value is -1.36. The van der Waals surface area contributed by atoms with E-state index < -0.39 is 5.41 Å². The third kappa shape index (κ3) is 2.27. The van der Waals surface area contributed by atoms with Gasteiger partial charge in [0.15, 0.2) is 0 Å². The van der Waals surface area contributed by atoms with Gasteiger partial charge in [-0.15, -0.1) is 12.4 Å². The van der Waals surface area contributed by atoms with Crippen molar-refractivity contribution in [1.29, 1.82) is 0 Å². The van der Waals surface area contributed by atoms with Gasteiger partial charge in [0.25, 0.3) is 0 Å². The molecule has 0 spiro atoms. The van der Waals surface area contributed by atoms with Crippen LogP contribution in [0.15, 0.2) is 53.0 Å². The van der Waals surface area contributed by atoms with Gasteiger partial charge in [-0.3, -0.25) is 4.79 Å². The Morgan fingerprint density at radius 1 is 1.22 bits per heavy atom. The summed E-state index contributed by atoms with van der Waals surface area (Å²) < 4.78 is 6.47. The van der Waals surface area contributed by atoms with E-state index in [1.165, 1.54) is 23.8 Å². The summed E-state index contributed by atoms with van der Waals surface area (Å²) in [5, 5.41) is 3.55. The molecule has 2 fully saturated rings. The lowest BCUT2D eigenvalue weighted by atomic mass is 9.42. The molecule has 3 nitrogen and oxygen atoms in total. The first-order valence-corrected chi connectivity index (χ1v) is 10.1. The van der Waals surface area contributed by atoms with E-state index in [4.69, 9.17) is 4.74 Å². The second-order valence-corrected chi connectivity index (χ2v) is 8.79. The number of hydrogen-bond donors (Lipinski definition) is 1. The molecule has 4 atom stereocenters. The zero-order chi connectivity index (χ0) is 17.9. The van der Waals surface area contributed by atoms with Crippen LogP contribution in [0.2, 0.25) is 0 Å². The van der Waals surface area contributed by atoms with Crippen molar-refractivity contribution >= 4 is 34.3 Å². The average Bonchev–Trinajstić information content (AvgIpc) is 3.15. The average molecular weight is 449 g/mol. The van der Waals surface area contributed by atoms with Crippen LogP contribution >= 0.6 is 28.3 Å². The normalized spacial score (nSPS) is 33.0. The zero-order valence-corrected chi connectivity index (χ0v) is 17.6. The minimum Gasteiger partial charge on any atom is -0.469 e. The van der Waals surface area contributed by atoms with Gasteiger partial charge in [-0.2, -0.15) is 0 Å². The quantitative estimate of drug-likeness (QED) is 0.691. The Morgan fingerprint density at radius 3 is 2.81 bits per heavy atom. The molecular formula is C22H23BrClNO2. The van der Waals surface area contributed by atoms with Gasteiger partial charge < -0.3 is 10.1 Å². The predicted molar refractivity (Wildman–Crippen MR) is 111 cm³/mol. The number of hydrogen-bond acceptors (Lipinski definition) is 3. The second kappa shape index (κ2) is 6.61. The molecule has 0 radical (unpaired) electrons. The van der Waals surface area contributed by atoms with E-state index in [1.54, 1.807) is 0 Å². The van der Waals surface area contributed by atoms with Crippen LogP contribution in [-0.4, -0.2) is 26.2 Å². The van der Waals surface area contributed by atoms with Gasteiger partial charge in [-0.1, -0.05) is 52.3 Å². The molecule has 142 valence electrons. The molecule has 4 aliphatic rings. The summed E-state index contributed by atoms with van der Waals surface area (Å²) in [6.45, 7) is 1.56.